The molecule has 2 unspecified atom stereocenters. The zero-order valence-corrected chi connectivity index (χ0v) is 13.7. The molecule has 1 heterocycles. The number of hydrogen-bond acceptors (Lipinski definition) is 2. The summed E-state index contributed by atoms with van der Waals surface area (Å²) in [5.41, 5.74) is 3.49. The molecule has 3 nitrogen and oxygen atoms in total. The third-order valence-electron chi connectivity index (χ3n) is 4.87. The van der Waals surface area contributed by atoms with Crippen LogP contribution in [0, 0.1) is 11.7 Å². The Balaban J connectivity index is 1.35. The fraction of sp³-hybridized carbons (Fsp3) is 0.300. The Morgan fingerprint density at radius 2 is 2.17 bits per heavy atom. The number of nitrogens with one attached hydrogen (secondary N) is 2. The van der Waals surface area contributed by atoms with Crippen molar-refractivity contribution >= 4 is 10.9 Å². The average molecular weight is 324 g/mol. The van der Waals surface area contributed by atoms with Gasteiger partial charge in [-0.05, 0) is 66.3 Å². The van der Waals surface area contributed by atoms with Crippen molar-refractivity contribution in [1.29, 1.82) is 0 Å². The number of aromatic amines is 1. The van der Waals surface area contributed by atoms with Crippen molar-refractivity contribution in [3.05, 3.63) is 65.6 Å². The smallest absolute Gasteiger partial charge is 0.123 e. The molecular formula is C20H21FN2O. The molecule has 2 atom stereocenters. The van der Waals surface area contributed by atoms with E-state index in [2.05, 4.69) is 22.4 Å². The van der Waals surface area contributed by atoms with Gasteiger partial charge in [0.15, 0.2) is 0 Å². The van der Waals surface area contributed by atoms with Crippen LogP contribution in [0.15, 0.2) is 48.7 Å². The minimum atomic E-state index is -0.170. The second-order valence-corrected chi connectivity index (χ2v) is 6.52. The Kier molecular flexibility index (Phi) is 3.98. The number of benzene rings is 2. The van der Waals surface area contributed by atoms with Gasteiger partial charge in [0.1, 0.15) is 11.6 Å². The van der Waals surface area contributed by atoms with Crippen LogP contribution < -0.4 is 10.1 Å². The summed E-state index contributed by atoms with van der Waals surface area (Å²) in [6, 6.07) is 13.1. The van der Waals surface area contributed by atoms with Crippen LogP contribution in [0.3, 0.4) is 0 Å². The normalized spacial score (nSPS) is 19.6. The fourth-order valence-corrected chi connectivity index (χ4v) is 3.46. The maximum absolute atomic E-state index is 13.5. The first-order valence-electron chi connectivity index (χ1n) is 8.35. The van der Waals surface area contributed by atoms with Crippen LogP contribution in [-0.2, 0) is 6.54 Å². The van der Waals surface area contributed by atoms with Crippen LogP contribution in [0.5, 0.6) is 5.75 Å². The first-order valence-corrected chi connectivity index (χ1v) is 8.35. The molecule has 4 heteroatoms. The van der Waals surface area contributed by atoms with E-state index in [4.69, 9.17) is 4.74 Å². The molecule has 1 aliphatic carbocycles. The molecule has 2 aromatic carbocycles. The van der Waals surface area contributed by atoms with Crippen molar-refractivity contribution in [2.75, 3.05) is 13.7 Å². The van der Waals surface area contributed by atoms with Crippen LogP contribution in [0.25, 0.3) is 10.9 Å². The molecule has 1 fully saturated rings. The zero-order valence-electron chi connectivity index (χ0n) is 13.7. The van der Waals surface area contributed by atoms with Gasteiger partial charge in [0.2, 0.25) is 0 Å². The summed E-state index contributed by atoms with van der Waals surface area (Å²) in [4.78, 5) is 3.25. The molecule has 0 saturated heterocycles. The highest BCUT2D eigenvalue weighted by molar-refractivity contribution is 5.84. The molecule has 1 aromatic heterocycles. The van der Waals surface area contributed by atoms with Gasteiger partial charge in [-0.25, -0.2) is 4.39 Å². The van der Waals surface area contributed by atoms with Gasteiger partial charge in [-0.15, -0.1) is 0 Å². The van der Waals surface area contributed by atoms with E-state index in [-0.39, 0.29) is 5.82 Å². The molecule has 0 aliphatic heterocycles. The summed E-state index contributed by atoms with van der Waals surface area (Å²) in [6.45, 7) is 1.81. The first kappa shape index (κ1) is 15.2. The topological polar surface area (TPSA) is 37.0 Å². The lowest BCUT2D eigenvalue weighted by Crippen LogP contribution is -2.16. The van der Waals surface area contributed by atoms with Crippen LogP contribution in [-0.4, -0.2) is 18.6 Å². The predicted octanol–water partition coefficient (Wildman–Crippen LogP) is 4.21. The van der Waals surface area contributed by atoms with Crippen molar-refractivity contribution in [2.45, 2.75) is 18.9 Å². The molecule has 3 aromatic rings. The molecule has 0 radical (unpaired) electrons. The van der Waals surface area contributed by atoms with E-state index in [0.29, 0.717) is 11.8 Å². The molecule has 0 bridgehead atoms. The van der Waals surface area contributed by atoms with E-state index >= 15 is 0 Å². The van der Waals surface area contributed by atoms with Crippen molar-refractivity contribution in [3.8, 4) is 5.75 Å². The average Bonchev–Trinajstić information content (AvgIpc) is 3.24. The third-order valence-corrected chi connectivity index (χ3v) is 4.87. The van der Waals surface area contributed by atoms with Gasteiger partial charge in [-0.2, -0.15) is 0 Å². The largest absolute Gasteiger partial charge is 0.497 e. The summed E-state index contributed by atoms with van der Waals surface area (Å²) in [5.74, 6) is 1.87. The van der Waals surface area contributed by atoms with Crippen LogP contribution in [0.1, 0.15) is 23.5 Å². The van der Waals surface area contributed by atoms with Gasteiger partial charge in [-0.1, -0.05) is 12.1 Å². The maximum atomic E-state index is 13.5. The van der Waals surface area contributed by atoms with Crippen molar-refractivity contribution < 1.29 is 9.13 Å². The van der Waals surface area contributed by atoms with Gasteiger partial charge >= 0.3 is 0 Å². The number of rotatable bonds is 6. The van der Waals surface area contributed by atoms with Gasteiger partial charge in [0.25, 0.3) is 0 Å². The highest BCUT2D eigenvalue weighted by atomic mass is 19.1. The summed E-state index contributed by atoms with van der Waals surface area (Å²) >= 11 is 0. The molecular weight excluding hydrogens is 303 g/mol. The summed E-state index contributed by atoms with van der Waals surface area (Å²) in [5, 5.41) is 4.55. The molecule has 0 spiro atoms. The predicted molar refractivity (Wildman–Crippen MR) is 93.8 cm³/mol. The molecule has 4 rings (SSSR count). The Morgan fingerprint density at radius 1 is 1.25 bits per heavy atom. The highest BCUT2D eigenvalue weighted by Crippen LogP contribution is 2.49. The lowest BCUT2D eigenvalue weighted by Gasteiger charge is -2.06. The minimum Gasteiger partial charge on any atom is -0.497 e. The number of hydrogen-bond donors (Lipinski definition) is 2. The number of H-pyrrole nitrogens is 1. The monoisotopic (exact) mass is 324 g/mol. The van der Waals surface area contributed by atoms with Crippen LogP contribution >= 0.6 is 0 Å². The number of halogens is 1. The Bertz CT molecular complexity index is 858. The quantitative estimate of drug-likeness (QED) is 0.713. The van der Waals surface area contributed by atoms with E-state index in [1.54, 1.807) is 13.2 Å². The van der Waals surface area contributed by atoms with Crippen molar-refractivity contribution in [2.24, 2.45) is 5.92 Å². The van der Waals surface area contributed by atoms with E-state index in [1.165, 1.54) is 17.2 Å². The summed E-state index contributed by atoms with van der Waals surface area (Å²) in [7, 11) is 1.69. The van der Waals surface area contributed by atoms with Crippen molar-refractivity contribution in [1.82, 2.24) is 10.3 Å². The zero-order chi connectivity index (χ0) is 16.5. The lowest BCUT2D eigenvalue weighted by molar-refractivity contribution is 0.414. The molecule has 124 valence electrons. The Morgan fingerprint density at radius 3 is 3.04 bits per heavy atom. The van der Waals surface area contributed by atoms with E-state index < -0.39 is 0 Å². The van der Waals surface area contributed by atoms with Gasteiger partial charge < -0.3 is 15.0 Å². The SMILES string of the molecule is COc1cccc(CNCC2CC2c2c[nH]c3ccc(F)cc23)c1. The highest BCUT2D eigenvalue weighted by Gasteiger charge is 2.39. The molecule has 1 aliphatic rings. The number of fused-ring (bicyclic) bond motifs is 1. The Hall–Kier alpha value is -2.33. The fourth-order valence-electron chi connectivity index (χ4n) is 3.46. The number of aromatic nitrogens is 1. The Labute approximate surface area is 140 Å². The van der Waals surface area contributed by atoms with Crippen LogP contribution in [0.4, 0.5) is 4.39 Å². The number of methoxy groups -OCH3 is 1. The van der Waals surface area contributed by atoms with Crippen molar-refractivity contribution in [3.63, 3.8) is 0 Å². The standard InChI is InChI=1S/C20H21FN2O/c1-24-16-4-2-3-13(7-16)10-22-11-14-8-17(14)19-12-23-20-6-5-15(21)9-18(19)20/h2-7,9,12,14,17,22-23H,8,10-11H2,1H3. The lowest BCUT2D eigenvalue weighted by atomic mass is 10.1. The van der Waals surface area contributed by atoms with E-state index in [9.17, 15) is 4.39 Å². The van der Waals surface area contributed by atoms with Gasteiger partial charge in [0, 0.05) is 23.6 Å². The molecule has 0 amide bonds. The first-order chi connectivity index (χ1) is 11.7. The second-order valence-electron chi connectivity index (χ2n) is 6.52. The number of ether oxygens (including phenoxy) is 1. The third kappa shape index (κ3) is 3.02. The maximum Gasteiger partial charge on any atom is 0.123 e. The summed E-state index contributed by atoms with van der Waals surface area (Å²) in [6.07, 6.45) is 3.20. The van der Waals surface area contributed by atoms with E-state index in [0.717, 1.165) is 36.2 Å². The summed E-state index contributed by atoms with van der Waals surface area (Å²) < 4.78 is 18.7. The van der Waals surface area contributed by atoms with E-state index in [1.807, 2.05) is 24.4 Å². The second kappa shape index (κ2) is 6.29. The van der Waals surface area contributed by atoms with Gasteiger partial charge in [-0.3, -0.25) is 0 Å². The molecule has 2 N–H and O–H groups in total. The van der Waals surface area contributed by atoms with Crippen LogP contribution in [0.2, 0.25) is 0 Å². The molecule has 24 heavy (non-hydrogen) atoms. The minimum absolute atomic E-state index is 0.170. The van der Waals surface area contributed by atoms with Gasteiger partial charge in [0.05, 0.1) is 7.11 Å². The molecule has 1 saturated carbocycles.